The number of amides is 1. The van der Waals surface area contributed by atoms with Gasteiger partial charge in [-0.3, -0.25) is 4.79 Å². The number of rotatable bonds is 17. The first kappa shape index (κ1) is 53.7. The van der Waals surface area contributed by atoms with Crippen molar-refractivity contribution in [2.75, 3.05) is 34.8 Å². The number of azo groups is 1. The Morgan fingerprint density at radius 2 is 1.57 bits per heavy atom. The molecular weight excluding hydrogens is 808 g/mol. The number of anilines is 2. The molecular formula is C32H40K3N7O9S2. The molecule has 21 heteroatoms. The SMILES string of the molecule is CC(=O)Nc1cc(N(CCCCS(=O)(=O)[O-])CCCCS(=O)(=O)[O-])ccc1N=Nc1c(C#N)c(C(C)(C)C)nn1-c1c(C)cccc1CO[O-].[K+].[K+].[K+]. The number of benzene rings is 2. The molecule has 272 valence electrons. The molecule has 0 atom stereocenters. The summed E-state index contributed by atoms with van der Waals surface area (Å²) in [6.45, 7) is 9.07. The van der Waals surface area contributed by atoms with Gasteiger partial charge in [0.05, 0.1) is 43.9 Å². The third kappa shape index (κ3) is 17.6. The molecule has 16 nitrogen and oxygen atoms in total. The molecule has 1 aromatic heterocycles. The maximum absolute atomic E-state index is 12.3. The molecule has 0 aliphatic carbocycles. The third-order valence-corrected chi connectivity index (χ3v) is 9.06. The van der Waals surface area contributed by atoms with Crippen molar-refractivity contribution < 1.29 is 195 Å². The molecule has 53 heavy (non-hydrogen) atoms. The van der Waals surface area contributed by atoms with E-state index >= 15 is 0 Å². The van der Waals surface area contributed by atoms with Gasteiger partial charge in [-0.05, 0) is 56.4 Å². The van der Waals surface area contributed by atoms with E-state index in [1.807, 2.05) is 38.7 Å². The molecule has 3 aromatic rings. The smallest absolute Gasteiger partial charge is 0.748 e. The number of aromatic nitrogens is 2. The molecule has 1 amide bonds. The van der Waals surface area contributed by atoms with Crippen molar-refractivity contribution in [3.8, 4) is 11.8 Å². The van der Waals surface area contributed by atoms with Crippen LogP contribution in [0.3, 0.4) is 0 Å². The zero-order valence-corrected chi connectivity index (χ0v) is 42.5. The van der Waals surface area contributed by atoms with Crippen molar-refractivity contribution in [1.82, 2.24) is 9.78 Å². The van der Waals surface area contributed by atoms with Crippen LogP contribution in [0.15, 0.2) is 46.6 Å². The minimum Gasteiger partial charge on any atom is -0.748 e. The molecule has 0 saturated heterocycles. The van der Waals surface area contributed by atoms with Crippen LogP contribution in [0, 0.1) is 18.3 Å². The number of para-hydroxylation sites is 1. The van der Waals surface area contributed by atoms with Gasteiger partial charge in [0, 0.05) is 48.2 Å². The largest absolute Gasteiger partial charge is 1.00 e. The summed E-state index contributed by atoms with van der Waals surface area (Å²) in [7, 11) is -8.81. The molecule has 0 unspecified atom stereocenters. The molecule has 3 rings (SSSR count). The molecule has 0 aliphatic rings. The van der Waals surface area contributed by atoms with E-state index in [0.29, 0.717) is 35.5 Å². The fraction of sp³-hybridized carbons (Fsp3) is 0.469. The van der Waals surface area contributed by atoms with Crippen LogP contribution in [0.2, 0.25) is 0 Å². The molecule has 0 radical (unpaired) electrons. The van der Waals surface area contributed by atoms with Gasteiger partial charge in [0.1, 0.15) is 17.3 Å². The molecule has 0 aliphatic heterocycles. The Bertz CT molecular complexity index is 1940. The summed E-state index contributed by atoms with van der Waals surface area (Å²) in [5.74, 6) is -1.43. The van der Waals surface area contributed by atoms with Crippen molar-refractivity contribution in [3.63, 3.8) is 0 Å². The van der Waals surface area contributed by atoms with Crippen molar-refractivity contribution in [2.24, 2.45) is 10.2 Å². The molecule has 0 saturated carbocycles. The van der Waals surface area contributed by atoms with Crippen molar-refractivity contribution in [3.05, 3.63) is 58.8 Å². The normalized spacial score (nSPS) is 11.6. The number of carbonyl (C=O) groups is 1. The fourth-order valence-corrected chi connectivity index (χ4v) is 6.34. The van der Waals surface area contributed by atoms with E-state index in [2.05, 4.69) is 26.5 Å². The maximum atomic E-state index is 12.3. The molecule has 0 spiro atoms. The molecule has 1 heterocycles. The standard InChI is InChI=1S/C32H43N7O9S2.3K/c1-22-11-10-12-24(21-48-41)29(22)39-31(26(20-33)30(37-39)32(3,4)5)36-35-27-14-13-25(19-28(27)34-23(2)40)38(15-6-8-17-49(42,43)44)16-7-9-18-50(45,46)47;;;/h10-14,19,41H,6-9,15-18,21H2,1-5H3,(H,34,40)(H,42,43,44)(H,45,46,47);;;/q;3*+1/p-3. The maximum Gasteiger partial charge on any atom is 1.00 e. The molecule has 2 aromatic carbocycles. The van der Waals surface area contributed by atoms with Gasteiger partial charge >= 0.3 is 154 Å². The number of carbonyl (C=O) groups excluding carboxylic acids is 1. The topological polar surface area (TPSA) is 245 Å². The van der Waals surface area contributed by atoms with Crippen LogP contribution in [-0.4, -0.2) is 66.2 Å². The van der Waals surface area contributed by atoms with Gasteiger partial charge in [-0.25, -0.2) is 21.5 Å². The van der Waals surface area contributed by atoms with E-state index in [0.717, 1.165) is 5.56 Å². The predicted molar refractivity (Wildman–Crippen MR) is 181 cm³/mol. The van der Waals surface area contributed by atoms with Crippen LogP contribution in [0.1, 0.15) is 75.8 Å². The Kier molecular flexibility index (Phi) is 24.9. The summed E-state index contributed by atoms with van der Waals surface area (Å²) in [4.78, 5) is 18.3. The van der Waals surface area contributed by atoms with E-state index in [1.165, 1.54) is 11.6 Å². The molecule has 1 N–H and O–H groups in total. The quantitative estimate of drug-likeness (QED) is 0.0335. The van der Waals surface area contributed by atoms with Crippen LogP contribution in [0.25, 0.3) is 5.69 Å². The second kappa shape index (κ2) is 24.5. The number of hydrogen-bond donors (Lipinski definition) is 1. The number of hydrogen-bond acceptors (Lipinski definition) is 14. The monoisotopic (exact) mass is 847 g/mol. The second-order valence-corrected chi connectivity index (χ2v) is 15.7. The van der Waals surface area contributed by atoms with Gasteiger partial charge in [0.15, 0.2) is 5.82 Å². The van der Waals surface area contributed by atoms with Gasteiger partial charge in [0.2, 0.25) is 5.91 Å². The van der Waals surface area contributed by atoms with Crippen molar-refractivity contribution >= 4 is 49.0 Å². The Morgan fingerprint density at radius 3 is 2.06 bits per heavy atom. The van der Waals surface area contributed by atoms with Gasteiger partial charge in [-0.1, -0.05) is 39.0 Å². The first-order valence-electron chi connectivity index (χ1n) is 15.7. The number of unbranched alkanes of at least 4 members (excludes halogenated alkanes) is 2. The predicted octanol–water partition coefficient (Wildman–Crippen LogP) is -5.02. The van der Waals surface area contributed by atoms with Gasteiger partial charge < -0.3 is 29.5 Å². The summed E-state index contributed by atoms with van der Waals surface area (Å²) in [5.41, 5.74) is 2.75. The molecule has 0 bridgehead atoms. The Morgan fingerprint density at radius 1 is 0.981 bits per heavy atom. The average molecular weight is 848 g/mol. The van der Waals surface area contributed by atoms with Crippen LogP contribution < -0.4 is 170 Å². The van der Waals surface area contributed by atoms with Gasteiger partial charge in [0.25, 0.3) is 0 Å². The summed E-state index contributed by atoms with van der Waals surface area (Å²) in [6, 6.07) is 12.3. The van der Waals surface area contributed by atoms with Gasteiger partial charge in [-0.15, -0.1) is 10.2 Å². The van der Waals surface area contributed by atoms with Gasteiger partial charge in [-0.2, -0.15) is 10.4 Å². The zero-order valence-electron chi connectivity index (χ0n) is 31.5. The fourth-order valence-electron chi connectivity index (χ4n) is 5.22. The number of nitrogens with one attached hydrogen (secondary N) is 1. The molecule has 0 fully saturated rings. The van der Waals surface area contributed by atoms with Crippen molar-refractivity contribution in [1.29, 1.82) is 5.26 Å². The number of nitrogens with zero attached hydrogens (tertiary/aromatic N) is 6. The summed E-state index contributed by atoms with van der Waals surface area (Å²) in [5, 5.41) is 37.8. The summed E-state index contributed by atoms with van der Waals surface area (Å²) in [6.07, 6.45) is 0.815. The van der Waals surface area contributed by atoms with Crippen LogP contribution in [-0.2, 0) is 41.9 Å². The Labute approximate surface area is 439 Å². The zero-order chi connectivity index (χ0) is 37.3. The van der Waals surface area contributed by atoms with E-state index in [-0.39, 0.29) is 209 Å². The van der Waals surface area contributed by atoms with E-state index in [9.17, 15) is 41.3 Å². The van der Waals surface area contributed by atoms with Crippen LogP contribution in [0.5, 0.6) is 0 Å². The first-order chi connectivity index (χ1) is 23.3. The average Bonchev–Trinajstić information content (AvgIpc) is 3.37. The minimum atomic E-state index is -4.41. The van der Waals surface area contributed by atoms with E-state index < -0.39 is 43.1 Å². The first-order valence-corrected chi connectivity index (χ1v) is 18.8. The second-order valence-electron chi connectivity index (χ2n) is 12.7. The van der Waals surface area contributed by atoms with E-state index in [1.54, 1.807) is 30.3 Å². The van der Waals surface area contributed by atoms with Crippen molar-refractivity contribution in [2.45, 2.75) is 72.3 Å². The van der Waals surface area contributed by atoms with E-state index in [4.69, 9.17) is 5.10 Å². The summed E-state index contributed by atoms with van der Waals surface area (Å²) >= 11 is 0. The number of nitriles is 1. The van der Waals surface area contributed by atoms with Crippen LogP contribution in [0.4, 0.5) is 22.9 Å². The Balaban J connectivity index is 0.00000901. The number of aryl methyl sites for hydroxylation is 1. The third-order valence-electron chi connectivity index (χ3n) is 7.48. The minimum absolute atomic E-state index is 0. The summed E-state index contributed by atoms with van der Waals surface area (Å²) < 4.78 is 68.0. The Hall–Kier alpha value is 0.659. The van der Waals surface area contributed by atoms with Crippen LogP contribution >= 0.6 is 0 Å².